The molecule has 2 aromatic rings. The third-order valence-electron chi connectivity index (χ3n) is 5.46. The molecule has 2 bridgehead atoms. The Bertz CT molecular complexity index is 767. The Balaban J connectivity index is 1.51. The normalized spacial score (nSPS) is 22.9. The molecule has 1 amide bonds. The minimum atomic E-state index is -0.00542. The molecule has 136 valence electrons. The molecule has 1 aromatic heterocycles. The highest BCUT2D eigenvalue weighted by Gasteiger charge is 2.37. The molecule has 0 saturated carbocycles. The van der Waals surface area contributed by atoms with Crippen LogP contribution >= 0.6 is 0 Å². The molecular weight excluding hydrogens is 328 g/mol. The summed E-state index contributed by atoms with van der Waals surface area (Å²) in [5.74, 6) is 1.43. The van der Waals surface area contributed by atoms with Crippen molar-refractivity contribution in [1.29, 1.82) is 0 Å². The lowest BCUT2D eigenvalue weighted by molar-refractivity contribution is 0.0729. The summed E-state index contributed by atoms with van der Waals surface area (Å²) in [4.78, 5) is 25.5. The highest BCUT2D eigenvalue weighted by molar-refractivity contribution is 5.92. The van der Waals surface area contributed by atoms with Crippen LogP contribution in [-0.2, 0) is 6.54 Å². The summed E-state index contributed by atoms with van der Waals surface area (Å²) in [6.45, 7) is 3.43. The number of nitrogens with zero attached hydrogens (tertiary/aromatic N) is 4. The number of fused-ring (bicyclic) bond motifs is 4. The summed E-state index contributed by atoms with van der Waals surface area (Å²) >= 11 is 0. The number of para-hydroxylation sites is 1. The standard InChI is InChI=1S/C20H24N4O2/c1-26-19-5-3-2-4-16(19)13-23-11-15-6-7-17(23)14-24(12-15)20(25)18-10-21-8-9-22-18/h2-5,8-10,15,17H,6-7,11-14H2,1H3/t15-,17-/m1/s1. The number of amides is 1. The molecule has 26 heavy (non-hydrogen) atoms. The number of carbonyl (C=O) groups excluding carboxylic acids is 1. The van der Waals surface area contributed by atoms with Crippen LogP contribution in [0.3, 0.4) is 0 Å². The van der Waals surface area contributed by atoms with Gasteiger partial charge in [-0.25, -0.2) is 4.98 Å². The molecule has 0 radical (unpaired) electrons. The second-order valence-corrected chi connectivity index (χ2v) is 7.14. The van der Waals surface area contributed by atoms with Gasteiger partial charge in [-0.15, -0.1) is 0 Å². The number of piperidine rings is 1. The minimum absolute atomic E-state index is 0.00542. The van der Waals surface area contributed by atoms with Crippen LogP contribution in [0.4, 0.5) is 0 Å². The number of carbonyl (C=O) groups is 1. The molecule has 0 spiro atoms. The highest BCUT2D eigenvalue weighted by Crippen LogP contribution is 2.31. The second kappa shape index (κ2) is 7.41. The Morgan fingerprint density at radius 3 is 2.88 bits per heavy atom. The van der Waals surface area contributed by atoms with E-state index < -0.39 is 0 Å². The third kappa shape index (κ3) is 3.42. The lowest BCUT2D eigenvalue weighted by Crippen LogP contribution is -2.44. The van der Waals surface area contributed by atoms with E-state index in [0.29, 0.717) is 17.7 Å². The van der Waals surface area contributed by atoms with E-state index in [-0.39, 0.29) is 5.91 Å². The fourth-order valence-corrected chi connectivity index (χ4v) is 4.16. The molecule has 4 heterocycles. The van der Waals surface area contributed by atoms with Crippen LogP contribution in [0, 0.1) is 5.92 Å². The van der Waals surface area contributed by atoms with Crippen LogP contribution in [0.15, 0.2) is 42.9 Å². The Labute approximate surface area is 153 Å². The van der Waals surface area contributed by atoms with Gasteiger partial charge in [-0.3, -0.25) is 14.7 Å². The molecule has 3 fully saturated rings. The number of rotatable bonds is 4. The number of ether oxygens (including phenoxy) is 1. The lowest BCUT2D eigenvalue weighted by atomic mass is 9.94. The Hall–Kier alpha value is -2.47. The first-order chi connectivity index (χ1) is 12.7. The van der Waals surface area contributed by atoms with Crippen molar-refractivity contribution < 1.29 is 9.53 Å². The number of hydrogen-bond donors (Lipinski definition) is 0. The van der Waals surface area contributed by atoms with Crippen molar-refractivity contribution in [2.75, 3.05) is 26.7 Å². The molecule has 3 aliphatic heterocycles. The molecule has 3 saturated heterocycles. The van der Waals surface area contributed by atoms with Crippen LogP contribution in [0.5, 0.6) is 5.75 Å². The van der Waals surface area contributed by atoms with Gasteiger partial charge in [0.05, 0.1) is 13.3 Å². The van der Waals surface area contributed by atoms with Gasteiger partial charge in [-0.1, -0.05) is 18.2 Å². The molecule has 6 nitrogen and oxygen atoms in total. The summed E-state index contributed by atoms with van der Waals surface area (Å²) in [6, 6.07) is 8.56. The van der Waals surface area contributed by atoms with E-state index in [1.54, 1.807) is 25.7 Å². The Morgan fingerprint density at radius 1 is 1.19 bits per heavy atom. The summed E-state index contributed by atoms with van der Waals surface area (Å²) in [5.41, 5.74) is 1.64. The summed E-state index contributed by atoms with van der Waals surface area (Å²) in [5, 5.41) is 0. The van der Waals surface area contributed by atoms with Crippen molar-refractivity contribution in [3.8, 4) is 5.75 Å². The zero-order chi connectivity index (χ0) is 17.9. The van der Waals surface area contributed by atoms with Crippen molar-refractivity contribution in [2.45, 2.75) is 25.4 Å². The molecule has 1 aromatic carbocycles. The maximum atomic E-state index is 12.8. The topological polar surface area (TPSA) is 58.6 Å². The van der Waals surface area contributed by atoms with Crippen LogP contribution in [-0.4, -0.2) is 58.5 Å². The van der Waals surface area contributed by atoms with Crippen LogP contribution in [0.2, 0.25) is 0 Å². The van der Waals surface area contributed by atoms with Gasteiger partial charge in [0.1, 0.15) is 11.4 Å². The smallest absolute Gasteiger partial charge is 0.274 e. The van der Waals surface area contributed by atoms with E-state index >= 15 is 0 Å². The highest BCUT2D eigenvalue weighted by atomic mass is 16.5. The average Bonchev–Trinajstić information content (AvgIpc) is 3.00. The van der Waals surface area contributed by atoms with Gasteiger partial charge in [0.2, 0.25) is 0 Å². The van der Waals surface area contributed by atoms with Crippen molar-refractivity contribution in [1.82, 2.24) is 19.8 Å². The van der Waals surface area contributed by atoms with Crippen LogP contribution < -0.4 is 4.74 Å². The van der Waals surface area contributed by atoms with Gasteiger partial charge in [0, 0.05) is 50.2 Å². The molecule has 5 rings (SSSR count). The molecule has 0 unspecified atom stereocenters. The molecule has 3 aliphatic rings. The number of hydrogen-bond acceptors (Lipinski definition) is 5. The number of benzene rings is 1. The number of methoxy groups -OCH3 is 1. The van der Waals surface area contributed by atoms with E-state index in [0.717, 1.165) is 38.3 Å². The molecule has 0 N–H and O–H groups in total. The van der Waals surface area contributed by atoms with Crippen molar-refractivity contribution in [3.05, 3.63) is 54.1 Å². The first-order valence-electron chi connectivity index (χ1n) is 9.16. The van der Waals surface area contributed by atoms with E-state index in [1.165, 1.54) is 12.0 Å². The second-order valence-electron chi connectivity index (χ2n) is 7.14. The summed E-state index contributed by atoms with van der Waals surface area (Å²) in [7, 11) is 1.72. The van der Waals surface area contributed by atoms with Crippen LogP contribution in [0.25, 0.3) is 0 Å². The van der Waals surface area contributed by atoms with Gasteiger partial charge in [0.25, 0.3) is 5.91 Å². The quantitative estimate of drug-likeness (QED) is 0.844. The zero-order valence-electron chi connectivity index (χ0n) is 15.0. The SMILES string of the molecule is COc1ccccc1CN1C[C@H]2CC[C@@H]1CN(C(=O)c1cnccn1)C2. The number of aromatic nitrogens is 2. The monoisotopic (exact) mass is 352 g/mol. The first-order valence-corrected chi connectivity index (χ1v) is 9.16. The van der Waals surface area contributed by atoms with Crippen molar-refractivity contribution in [3.63, 3.8) is 0 Å². The Kier molecular flexibility index (Phi) is 4.84. The third-order valence-corrected chi connectivity index (χ3v) is 5.46. The van der Waals surface area contributed by atoms with Crippen LogP contribution in [0.1, 0.15) is 28.9 Å². The van der Waals surface area contributed by atoms with E-state index in [9.17, 15) is 4.79 Å². The maximum absolute atomic E-state index is 12.8. The van der Waals surface area contributed by atoms with E-state index in [2.05, 4.69) is 27.0 Å². The van der Waals surface area contributed by atoms with Crippen molar-refractivity contribution in [2.24, 2.45) is 5.92 Å². The van der Waals surface area contributed by atoms with Gasteiger partial charge < -0.3 is 9.64 Å². The Morgan fingerprint density at radius 2 is 2.08 bits per heavy atom. The minimum Gasteiger partial charge on any atom is -0.496 e. The molecular formula is C20H24N4O2. The summed E-state index contributed by atoms with van der Waals surface area (Å²) < 4.78 is 5.51. The van der Waals surface area contributed by atoms with Gasteiger partial charge in [0.15, 0.2) is 0 Å². The first kappa shape index (κ1) is 17.0. The van der Waals surface area contributed by atoms with Gasteiger partial charge >= 0.3 is 0 Å². The largest absolute Gasteiger partial charge is 0.496 e. The predicted molar refractivity (Wildman–Crippen MR) is 97.9 cm³/mol. The fourth-order valence-electron chi connectivity index (χ4n) is 4.16. The fraction of sp³-hybridized carbons (Fsp3) is 0.450. The zero-order valence-corrected chi connectivity index (χ0v) is 15.0. The lowest BCUT2D eigenvalue weighted by Gasteiger charge is -2.36. The summed E-state index contributed by atoms with van der Waals surface area (Å²) in [6.07, 6.45) is 7.04. The van der Waals surface area contributed by atoms with Crippen molar-refractivity contribution >= 4 is 5.91 Å². The predicted octanol–water partition coefficient (Wildman–Crippen LogP) is 2.22. The maximum Gasteiger partial charge on any atom is 0.274 e. The van der Waals surface area contributed by atoms with E-state index in [4.69, 9.17) is 4.74 Å². The average molecular weight is 352 g/mol. The van der Waals surface area contributed by atoms with E-state index in [1.807, 2.05) is 17.0 Å². The molecule has 2 atom stereocenters. The molecule has 6 heteroatoms. The van der Waals surface area contributed by atoms with Gasteiger partial charge in [-0.2, -0.15) is 0 Å². The van der Waals surface area contributed by atoms with Gasteiger partial charge in [-0.05, 0) is 24.8 Å². The molecule has 0 aliphatic carbocycles.